The lowest BCUT2D eigenvalue weighted by Gasteiger charge is -2.38. The van der Waals surface area contributed by atoms with Gasteiger partial charge in [0.15, 0.2) is 0 Å². The normalized spacial score (nSPS) is 15.7. The van der Waals surface area contributed by atoms with Crippen LogP contribution in [0.1, 0.15) is 0 Å². The van der Waals surface area contributed by atoms with Gasteiger partial charge in [-0.3, -0.25) is 14.2 Å². The van der Waals surface area contributed by atoms with E-state index in [2.05, 4.69) is 4.98 Å². The van der Waals surface area contributed by atoms with Crippen molar-refractivity contribution in [1.82, 2.24) is 19.0 Å². The zero-order valence-electron chi connectivity index (χ0n) is 14.6. The lowest BCUT2D eigenvalue weighted by molar-refractivity contribution is -0.166. The van der Waals surface area contributed by atoms with Crippen molar-refractivity contribution in [3.8, 4) is 11.1 Å². The number of fused-ring (bicyclic) bond motifs is 1. The maximum Gasteiger partial charge on any atom is 0.282 e. The first-order valence-corrected chi connectivity index (χ1v) is 8.69. The highest BCUT2D eigenvalue weighted by Crippen LogP contribution is 2.30. The number of benzene rings is 1. The molecule has 1 aliphatic rings. The molecule has 6 nitrogen and oxygen atoms in total. The van der Waals surface area contributed by atoms with Crippen LogP contribution in [0.2, 0.25) is 5.02 Å². The largest absolute Gasteiger partial charge is 0.335 e. The van der Waals surface area contributed by atoms with E-state index in [1.54, 1.807) is 23.9 Å². The number of alkyl halides is 2. The van der Waals surface area contributed by atoms with E-state index in [9.17, 15) is 22.8 Å². The van der Waals surface area contributed by atoms with Gasteiger partial charge in [0.25, 0.3) is 11.5 Å². The molecule has 3 aromatic rings. The molecule has 146 valence electrons. The second kappa shape index (κ2) is 6.37. The summed E-state index contributed by atoms with van der Waals surface area (Å²) in [4.78, 5) is 30.3. The summed E-state index contributed by atoms with van der Waals surface area (Å²) in [5, 5.41) is 0.157. The molecular weight excluding hydrogens is 397 g/mol. The van der Waals surface area contributed by atoms with Crippen molar-refractivity contribution in [1.29, 1.82) is 0 Å². The molecule has 10 heteroatoms. The van der Waals surface area contributed by atoms with E-state index in [1.165, 1.54) is 18.5 Å². The molecule has 4 rings (SSSR count). The third-order valence-electron chi connectivity index (χ3n) is 4.68. The monoisotopic (exact) mass is 410 g/mol. The van der Waals surface area contributed by atoms with E-state index in [-0.39, 0.29) is 10.4 Å². The summed E-state index contributed by atoms with van der Waals surface area (Å²) in [5.41, 5.74) is 0.701. The third kappa shape index (κ3) is 3.05. The fraction of sp³-hybridized carbons (Fsp3) is 0.278. The average molecular weight is 411 g/mol. The van der Waals surface area contributed by atoms with E-state index in [1.807, 2.05) is 0 Å². The molecule has 0 N–H and O–H groups in total. The maximum absolute atomic E-state index is 13.9. The van der Waals surface area contributed by atoms with Gasteiger partial charge in [0.1, 0.15) is 24.3 Å². The van der Waals surface area contributed by atoms with Crippen LogP contribution in [-0.2, 0) is 18.4 Å². The minimum Gasteiger partial charge on any atom is -0.335 e. The van der Waals surface area contributed by atoms with Crippen LogP contribution >= 0.6 is 11.6 Å². The fourth-order valence-electron chi connectivity index (χ4n) is 3.23. The number of nitrogens with zero attached hydrogens (tertiary/aromatic N) is 4. The number of carbonyl (C=O) groups excluding carboxylic acids is 1. The zero-order valence-corrected chi connectivity index (χ0v) is 15.4. The fourth-order valence-corrected chi connectivity index (χ4v) is 3.35. The van der Waals surface area contributed by atoms with Crippen molar-refractivity contribution >= 4 is 28.5 Å². The number of halogens is 4. The highest BCUT2D eigenvalue weighted by Gasteiger charge is 2.46. The summed E-state index contributed by atoms with van der Waals surface area (Å²) in [6.07, 6.45) is 2.83. The summed E-state index contributed by atoms with van der Waals surface area (Å²) in [6.45, 7) is -1.71. The molecule has 0 radical (unpaired) electrons. The quantitative estimate of drug-likeness (QED) is 0.667. The summed E-state index contributed by atoms with van der Waals surface area (Å²) in [5.74, 6) is -4.10. The van der Waals surface area contributed by atoms with Crippen molar-refractivity contribution in [2.24, 2.45) is 7.05 Å². The molecule has 0 aliphatic carbocycles. The Bertz CT molecular complexity index is 1160. The number of rotatable bonds is 3. The van der Waals surface area contributed by atoms with Crippen molar-refractivity contribution in [2.75, 3.05) is 13.1 Å². The zero-order chi connectivity index (χ0) is 20.2. The molecule has 0 bridgehead atoms. The SMILES string of the molecule is Cn1cc(-c2ccc(Cl)c(F)c2)c2c(=O)n(CC(=O)N3CC(F)(F)C3)cnc21. The first kappa shape index (κ1) is 18.5. The Labute approximate surface area is 161 Å². The van der Waals surface area contributed by atoms with Gasteiger partial charge in [-0.05, 0) is 17.7 Å². The molecule has 3 heterocycles. The molecule has 0 spiro atoms. The smallest absolute Gasteiger partial charge is 0.282 e. The lowest BCUT2D eigenvalue weighted by atomic mass is 10.1. The Morgan fingerprint density at radius 2 is 2.04 bits per heavy atom. The van der Waals surface area contributed by atoms with Crippen LogP contribution in [0.5, 0.6) is 0 Å². The molecule has 28 heavy (non-hydrogen) atoms. The third-order valence-corrected chi connectivity index (χ3v) is 4.98. The molecule has 1 saturated heterocycles. The van der Waals surface area contributed by atoms with Gasteiger partial charge in [-0.2, -0.15) is 0 Å². The molecule has 0 unspecified atom stereocenters. The molecule has 2 aromatic heterocycles. The molecule has 1 aliphatic heterocycles. The Kier molecular flexibility index (Phi) is 4.22. The van der Waals surface area contributed by atoms with Crippen LogP contribution in [0, 0.1) is 5.82 Å². The topological polar surface area (TPSA) is 60.1 Å². The molecule has 0 atom stereocenters. The van der Waals surface area contributed by atoms with Crippen LogP contribution in [0.3, 0.4) is 0 Å². The predicted octanol–water partition coefficient (Wildman–Crippen LogP) is 2.67. The van der Waals surface area contributed by atoms with E-state index in [4.69, 9.17) is 11.6 Å². The lowest BCUT2D eigenvalue weighted by Crippen LogP contribution is -2.59. The molecular formula is C18H14ClF3N4O2. The number of hydrogen-bond donors (Lipinski definition) is 0. The van der Waals surface area contributed by atoms with Crippen molar-refractivity contribution < 1.29 is 18.0 Å². The van der Waals surface area contributed by atoms with Crippen molar-refractivity contribution in [3.63, 3.8) is 0 Å². The van der Waals surface area contributed by atoms with Crippen LogP contribution < -0.4 is 5.56 Å². The van der Waals surface area contributed by atoms with Crippen LogP contribution in [0.4, 0.5) is 13.2 Å². The highest BCUT2D eigenvalue weighted by atomic mass is 35.5. The number of aromatic nitrogens is 3. The second-order valence-corrected chi connectivity index (χ2v) is 7.17. The van der Waals surface area contributed by atoms with Gasteiger partial charge < -0.3 is 9.47 Å². The minimum atomic E-state index is -2.88. The maximum atomic E-state index is 13.9. The number of aryl methyl sites for hydroxylation is 1. The number of likely N-dealkylation sites (tertiary alicyclic amines) is 1. The van der Waals surface area contributed by atoms with Gasteiger partial charge >= 0.3 is 0 Å². The first-order chi connectivity index (χ1) is 13.2. The van der Waals surface area contributed by atoms with Gasteiger partial charge in [-0.1, -0.05) is 17.7 Å². The summed E-state index contributed by atoms with van der Waals surface area (Å²) in [6, 6.07) is 4.17. The Morgan fingerprint density at radius 1 is 1.32 bits per heavy atom. The van der Waals surface area contributed by atoms with Gasteiger partial charge in [-0.25, -0.2) is 18.2 Å². The van der Waals surface area contributed by atoms with Crippen molar-refractivity contribution in [2.45, 2.75) is 12.5 Å². The van der Waals surface area contributed by atoms with Crippen molar-refractivity contribution in [3.05, 3.63) is 51.9 Å². The van der Waals surface area contributed by atoms with E-state index >= 15 is 0 Å². The average Bonchev–Trinajstić information content (AvgIpc) is 2.95. The molecule has 1 fully saturated rings. The molecule has 1 aromatic carbocycles. The van der Waals surface area contributed by atoms with E-state index < -0.39 is 42.8 Å². The highest BCUT2D eigenvalue weighted by molar-refractivity contribution is 6.30. The summed E-state index contributed by atoms with van der Waals surface area (Å²) >= 11 is 5.72. The van der Waals surface area contributed by atoms with E-state index in [0.717, 1.165) is 9.47 Å². The Hall–Kier alpha value is -2.81. The van der Waals surface area contributed by atoms with Crippen LogP contribution in [-0.4, -0.2) is 43.9 Å². The van der Waals surface area contributed by atoms with Gasteiger partial charge in [0, 0.05) is 18.8 Å². The van der Waals surface area contributed by atoms with Gasteiger partial charge in [-0.15, -0.1) is 0 Å². The van der Waals surface area contributed by atoms with Gasteiger partial charge in [0.2, 0.25) is 5.91 Å². The van der Waals surface area contributed by atoms with E-state index in [0.29, 0.717) is 16.8 Å². The van der Waals surface area contributed by atoms with Crippen LogP contribution in [0.15, 0.2) is 35.5 Å². The van der Waals surface area contributed by atoms with Gasteiger partial charge in [0.05, 0.1) is 23.5 Å². The number of hydrogen-bond acceptors (Lipinski definition) is 3. The Morgan fingerprint density at radius 3 is 2.68 bits per heavy atom. The number of carbonyl (C=O) groups is 1. The molecule has 1 amide bonds. The summed E-state index contributed by atoms with van der Waals surface area (Å²) < 4.78 is 42.5. The predicted molar refractivity (Wildman–Crippen MR) is 96.9 cm³/mol. The standard InChI is InChI=1S/C18H14ClF3N4O2/c1-24-5-11(10-2-3-12(19)13(20)4-10)15-16(24)23-9-25(17(15)28)6-14(27)26-7-18(21,22)8-26/h2-5,9H,6-8H2,1H3. The summed E-state index contributed by atoms with van der Waals surface area (Å²) in [7, 11) is 1.68. The number of amides is 1. The minimum absolute atomic E-state index is 0.0449. The van der Waals surface area contributed by atoms with Crippen LogP contribution in [0.25, 0.3) is 22.2 Å². The Balaban J connectivity index is 1.75. The molecule has 0 saturated carbocycles. The second-order valence-electron chi connectivity index (χ2n) is 6.76. The first-order valence-electron chi connectivity index (χ1n) is 8.32.